The fourth-order valence-electron chi connectivity index (χ4n) is 1.46. The summed E-state index contributed by atoms with van der Waals surface area (Å²) in [5, 5.41) is 9.93. The third-order valence-corrected chi connectivity index (χ3v) is 4.09. The van der Waals surface area contributed by atoms with Crippen molar-refractivity contribution in [1.29, 1.82) is 0 Å². The van der Waals surface area contributed by atoms with Crippen molar-refractivity contribution < 1.29 is 5.11 Å². The van der Waals surface area contributed by atoms with Crippen molar-refractivity contribution in [3.05, 3.63) is 50.4 Å². The molecule has 0 aliphatic rings. The van der Waals surface area contributed by atoms with Crippen molar-refractivity contribution in [3.8, 4) is 0 Å². The number of rotatable bonds is 4. The molecule has 1 heterocycles. The summed E-state index contributed by atoms with van der Waals surface area (Å²) >= 11 is 5.20. The van der Waals surface area contributed by atoms with Crippen LogP contribution in [0.2, 0.25) is 0 Å². The average Bonchev–Trinajstić information content (AvgIpc) is 2.70. The zero-order valence-electron chi connectivity index (χ0n) is 8.69. The Bertz CT molecular complexity index is 470. The first-order valence-corrected chi connectivity index (χ1v) is 6.68. The highest BCUT2D eigenvalue weighted by Crippen LogP contribution is 2.22. The second kappa shape index (κ2) is 5.57. The first-order chi connectivity index (χ1) is 7.79. The molecular weight excluding hydrogens is 286 g/mol. The molecule has 2 aromatic rings. The molecule has 1 N–H and O–H groups in total. The van der Waals surface area contributed by atoms with E-state index in [1.807, 2.05) is 24.4 Å². The number of benzene rings is 1. The number of nitrogens with zero attached hydrogens (tertiary/aromatic N) is 1. The van der Waals surface area contributed by atoms with E-state index >= 15 is 0 Å². The van der Waals surface area contributed by atoms with Crippen LogP contribution in [0.3, 0.4) is 0 Å². The summed E-state index contributed by atoms with van der Waals surface area (Å²) in [6.45, 7) is 0.191. The van der Waals surface area contributed by atoms with E-state index in [0.29, 0.717) is 6.42 Å². The molecule has 0 saturated carbocycles. The maximum Gasteiger partial charge on any atom is 0.0971 e. The first-order valence-electron chi connectivity index (χ1n) is 5.07. The molecule has 0 aliphatic heterocycles. The van der Waals surface area contributed by atoms with Crippen molar-refractivity contribution >= 4 is 27.3 Å². The van der Waals surface area contributed by atoms with E-state index in [4.69, 9.17) is 5.11 Å². The summed E-state index contributed by atoms with van der Waals surface area (Å²) in [5.74, 6) is 0. The van der Waals surface area contributed by atoms with Crippen molar-refractivity contribution in [2.24, 2.45) is 0 Å². The summed E-state index contributed by atoms with van der Waals surface area (Å²) in [4.78, 5) is 5.50. The predicted molar refractivity (Wildman–Crippen MR) is 69.9 cm³/mol. The monoisotopic (exact) mass is 297 g/mol. The Morgan fingerprint density at radius 2 is 2.12 bits per heavy atom. The van der Waals surface area contributed by atoms with Crippen molar-refractivity contribution in [3.63, 3.8) is 0 Å². The third kappa shape index (κ3) is 2.90. The highest BCUT2D eigenvalue weighted by molar-refractivity contribution is 9.10. The van der Waals surface area contributed by atoms with Gasteiger partial charge in [-0.05, 0) is 11.6 Å². The van der Waals surface area contributed by atoms with Gasteiger partial charge in [-0.1, -0.05) is 34.1 Å². The van der Waals surface area contributed by atoms with Gasteiger partial charge in [-0.15, -0.1) is 11.3 Å². The molecule has 1 aromatic carbocycles. The summed E-state index contributed by atoms with van der Waals surface area (Å²) in [7, 11) is 0. The fourth-order valence-corrected chi connectivity index (χ4v) is 2.82. The second-order valence-electron chi connectivity index (χ2n) is 3.46. The van der Waals surface area contributed by atoms with E-state index in [0.717, 1.165) is 20.8 Å². The van der Waals surface area contributed by atoms with Crippen LogP contribution in [0.5, 0.6) is 0 Å². The van der Waals surface area contributed by atoms with Crippen molar-refractivity contribution in [1.82, 2.24) is 4.98 Å². The van der Waals surface area contributed by atoms with Crippen molar-refractivity contribution in [2.75, 3.05) is 6.61 Å². The molecular formula is C12H12BrNOS. The number of aliphatic hydroxyl groups excluding tert-OH is 1. The SMILES string of the molecule is OCCc1cnc(Cc2ccccc2Br)s1. The first kappa shape index (κ1) is 11.8. The van der Waals surface area contributed by atoms with Crippen LogP contribution in [0.1, 0.15) is 15.4 Å². The van der Waals surface area contributed by atoms with Crippen LogP contribution in [0.25, 0.3) is 0 Å². The topological polar surface area (TPSA) is 33.1 Å². The largest absolute Gasteiger partial charge is 0.396 e. The Labute approximate surface area is 107 Å². The van der Waals surface area contributed by atoms with Gasteiger partial charge in [0.1, 0.15) is 0 Å². The van der Waals surface area contributed by atoms with Gasteiger partial charge in [0.15, 0.2) is 0 Å². The quantitative estimate of drug-likeness (QED) is 0.941. The van der Waals surface area contributed by atoms with Gasteiger partial charge in [-0.25, -0.2) is 4.98 Å². The Morgan fingerprint density at radius 3 is 2.88 bits per heavy atom. The van der Waals surface area contributed by atoms with E-state index in [2.05, 4.69) is 27.0 Å². The van der Waals surface area contributed by atoms with E-state index in [1.54, 1.807) is 11.3 Å². The number of halogens is 1. The highest BCUT2D eigenvalue weighted by Gasteiger charge is 2.05. The van der Waals surface area contributed by atoms with Crippen LogP contribution >= 0.6 is 27.3 Å². The summed E-state index contributed by atoms with van der Waals surface area (Å²) in [6.07, 6.45) is 3.40. The zero-order chi connectivity index (χ0) is 11.4. The molecule has 84 valence electrons. The molecule has 4 heteroatoms. The van der Waals surface area contributed by atoms with E-state index in [9.17, 15) is 0 Å². The lowest BCUT2D eigenvalue weighted by atomic mass is 10.2. The summed E-state index contributed by atoms with van der Waals surface area (Å²) in [6, 6.07) is 8.17. The lowest BCUT2D eigenvalue weighted by Crippen LogP contribution is -1.87. The maximum atomic E-state index is 8.83. The molecule has 0 radical (unpaired) electrons. The molecule has 2 rings (SSSR count). The minimum Gasteiger partial charge on any atom is -0.396 e. The number of hydrogen-bond acceptors (Lipinski definition) is 3. The Balaban J connectivity index is 2.11. The molecule has 0 amide bonds. The van der Waals surface area contributed by atoms with Crippen LogP contribution in [0, 0.1) is 0 Å². The number of aromatic nitrogens is 1. The van der Waals surface area contributed by atoms with Gasteiger partial charge in [0.2, 0.25) is 0 Å². The number of hydrogen-bond donors (Lipinski definition) is 1. The molecule has 16 heavy (non-hydrogen) atoms. The molecule has 0 fully saturated rings. The molecule has 2 nitrogen and oxygen atoms in total. The van der Waals surface area contributed by atoms with Crippen molar-refractivity contribution in [2.45, 2.75) is 12.8 Å². The van der Waals surface area contributed by atoms with Crippen LogP contribution in [-0.4, -0.2) is 16.7 Å². The maximum absolute atomic E-state index is 8.83. The van der Waals surface area contributed by atoms with E-state index in [-0.39, 0.29) is 6.61 Å². The van der Waals surface area contributed by atoms with Gasteiger partial charge >= 0.3 is 0 Å². The third-order valence-electron chi connectivity index (χ3n) is 2.26. The van der Waals surface area contributed by atoms with Crippen LogP contribution in [-0.2, 0) is 12.8 Å². The molecule has 0 saturated heterocycles. The Hall–Kier alpha value is -0.710. The minimum atomic E-state index is 0.191. The number of aliphatic hydroxyl groups is 1. The molecule has 0 aliphatic carbocycles. The Kier molecular flexibility index (Phi) is 4.09. The van der Waals surface area contributed by atoms with E-state index < -0.39 is 0 Å². The molecule has 0 spiro atoms. The lowest BCUT2D eigenvalue weighted by Gasteiger charge is -2.00. The normalized spacial score (nSPS) is 10.6. The molecule has 0 bridgehead atoms. The van der Waals surface area contributed by atoms with Gasteiger partial charge in [-0.2, -0.15) is 0 Å². The van der Waals surface area contributed by atoms with Gasteiger partial charge in [0.05, 0.1) is 5.01 Å². The average molecular weight is 298 g/mol. The van der Waals surface area contributed by atoms with E-state index in [1.165, 1.54) is 5.56 Å². The predicted octanol–water partition coefficient (Wildman–Crippen LogP) is 3.03. The fraction of sp³-hybridized carbons (Fsp3) is 0.250. The van der Waals surface area contributed by atoms with Gasteiger partial charge in [0.25, 0.3) is 0 Å². The van der Waals surface area contributed by atoms with Gasteiger partial charge < -0.3 is 5.11 Å². The minimum absolute atomic E-state index is 0.191. The van der Waals surface area contributed by atoms with Crippen LogP contribution in [0.15, 0.2) is 34.9 Å². The lowest BCUT2D eigenvalue weighted by molar-refractivity contribution is 0.300. The standard InChI is InChI=1S/C12H12BrNOS/c13-11-4-2-1-3-9(11)7-12-14-8-10(16-12)5-6-15/h1-4,8,15H,5-7H2. The van der Waals surface area contributed by atoms with Gasteiger partial charge in [-0.3, -0.25) is 0 Å². The Morgan fingerprint density at radius 1 is 1.31 bits per heavy atom. The van der Waals surface area contributed by atoms with Gasteiger partial charge in [0, 0.05) is 35.0 Å². The number of thiazole rings is 1. The summed E-state index contributed by atoms with van der Waals surface area (Å²) < 4.78 is 1.12. The molecule has 0 unspecified atom stereocenters. The molecule has 0 atom stereocenters. The van der Waals surface area contributed by atoms with Crippen LogP contribution in [0.4, 0.5) is 0 Å². The smallest absolute Gasteiger partial charge is 0.0971 e. The highest BCUT2D eigenvalue weighted by atomic mass is 79.9. The second-order valence-corrected chi connectivity index (χ2v) is 5.52. The van der Waals surface area contributed by atoms with Crippen LogP contribution < -0.4 is 0 Å². The summed E-state index contributed by atoms with van der Waals surface area (Å²) in [5.41, 5.74) is 1.24. The molecule has 1 aromatic heterocycles. The zero-order valence-corrected chi connectivity index (χ0v) is 11.1.